The van der Waals surface area contributed by atoms with Crippen LogP contribution in [0.15, 0.2) is 42.5 Å². The van der Waals surface area contributed by atoms with E-state index >= 15 is 0 Å². The zero-order valence-corrected chi connectivity index (χ0v) is 14.2. The largest absolute Gasteiger partial charge is 0.338 e. The third-order valence-corrected chi connectivity index (χ3v) is 4.55. The van der Waals surface area contributed by atoms with E-state index in [0.29, 0.717) is 18.7 Å². The van der Waals surface area contributed by atoms with Crippen LogP contribution < -0.4 is 5.32 Å². The van der Waals surface area contributed by atoms with Crippen LogP contribution >= 0.6 is 0 Å². The van der Waals surface area contributed by atoms with Crippen molar-refractivity contribution >= 4 is 17.6 Å². The van der Waals surface area contributed by atoms with Crippen molar-refractivity contribution in [2.75, 3.05) is 12.4 Å². The Morgan fingerprint density at radius 3 is 2.64 bits per heavy atom. The van der Waals surface area contributed by atoms with E-state index in [1.165, 1.54) is 12.1 Å². The second-order valence-electron chi connectivity index (χ2n) is 6.30. The first-order valence-corrected chi connectivity index (χ1v) is 8.21. The number of nitrogens with zero attached hydrogens (tertiary/aromatic N) is 2. The summed E-state index contributed by atoms with van der Waals surface area (Å²) in [4.78, 5) is 30.8. The Hall–Kier alpha value is -2.76. The second-order valence-corrected chi connectivity index (χ2v) is 6.30. The Kier molecular flexibility index (Phi) is 4.79. The zero-order chi connectivity index (χ0) is 18.0. The summed E-state index contributed by atoms with van der Waals surface area (Å²) in [5.74, 6) is -0.491. The van der Waals surface area contributed by atoms with Gasteiger partial charge in [0.25, 0.3) is 0 Å². The second kappa shape index (κ2) is 7.01. The third-order valence-electron chi connectivity index (χ3n) is 4.55. The summed E-state index contributed by atoms with van der Waals surface area (Å²) in [5.41, 5.74) is 1.55. The predicted molar refractivity (Wildman–Crippen MR) is 92.2 cm³/mol. The Morgan fingerprint density at radius 1 is 1.24 bits per heavy atom. The highest BCUT2D eigenvalue weighted by atomic mass is 19.1. The van der Waals surface area contributed by atoms with Gasteiger partial charge in [0.2, 0.25) is 11.8 Å². The van der Waals surface area contributed by atoms with Crippen LogP contribution in [-0.4, -0.2) is 28.7 Å². The minimum absolute atomic E-state index is 0.0212. The highest BCUT2D eigenvalue weighted by molar-refractivity contribution is 5.94. The molecule has 1 aromatic heterocycles. The topological polar surface area (TPSA) is 62.3 Å². The molecule has 0 unspecified atom stereocenters. The molecule has 2 amide bonds. The lowest BCUT2D eigenvalue weighted by Gasteiger charge is -2.38. The molecule has 0 bridgehead atoms. The molecule has 2 aromatic rings. The number of rotatable bonds is 3. The molecular formula is C19H20FN3O2. The van der Waals surface area contributed by atoms with Crippen molar-refractivity contribution in [3.8, 4) is 0 Å². The number of piperidine rings is 1. The monoisotopic (exact) mass is 341 g/mol. The molecule has 1 fully saturated rings. The van der Waals surface area contributed by atoms with Crippen LogP contribution in [0.3, 0.4) is 0 Å². The van der Waals surface area contributed by atoms with E-state index < -0.39 is 12.0 Å². The molecule has 2 heterocycles. The van der Waals surface area contributed by atoms with E-state index in [0.717, 1.165) is 11.3 Å². The minimum Gasteiger partial charge on any atom is -0.338 e. The van der Waals surface area contributed by atoms with E-state index in [9.17, 15) is 14.0 Å². The van der Waals surface area contributed by atoms with Crippen molar-refractivity contribution in [2.24, 2.45) is 5.92 Å². The van der Waals surface area contributed by atoms with Crippen LogP contribution in [0.4, 0.5) is 10.2 Å². The van der Waals surface area contributed by atoms with Gasteiger partial charge in [-0.05, 0) is 43.2 Å². The summed E-state index contributed by atoms with van der Waals surface area (Å²) in [7, 11) is 1.68. The SMILES string of the molecule is Cc1cccc(NC(=O)[C@@H]2CCC(=O)N(C)[C@H]2c2ccc(F)cc2)n1. The van der Waals surface area contributed by atoms with Gasteiger partial charge in [0.15, 0.2) is 0 Å². The van der Waals surface area contributed by atoms with Crippen molar-refractivity contribution < 1.29 is 14.0 Å². The fourth-order valence-electron chi connectivity index (χ4n) is 3.26. The number of anilines is 1. The van der Waals surface area contributed by atoms with Crippen molar-refractivity contribution in [1.82, 2.24) is 9.88 Å². The number of aromatic nitrogens is 1. The number of pyridine rings is 1. The first kappa shape index (κ1) is 17.1. The van der Waals surface area contributed by atoms with Crippen LogP contribution in [0.1, 0.15) is 30.1 Å². The van der Waals surface area contributed by atoms with Crippen LogP contribution in [0, 0.1) is 18.7 Å². The number of hydrogen-bond acceptors (Lipinski definition) is 3. The fraction of sp³-hybridized carbons (Fsp3) is 0.316. The van der Waals surface area contributed by atoms with Gasteiger partial charge in [-0.15, -0.1) is 0 Å². The highest BCUT2D eigenvalue weighted by Gasteiger charge is 2.38. The number of nitrogens with one attached hydrogen (secondary N) is 1. The van der Waals surface area contributed by atoms with Crippen molar-refractivity contribution in [1.29, 1.82) is 0 Å². The number of halogens is 1. The van der Waals surface area contributed by atoms with Crippen LogP contribution in [0.25, 0.3) is 0 Å². The van der Waals surface area contributed by atoms with Gasteiger partial charge in [-0.3, -0.25) is 9.59 Å². The summed E-state index contributed by atoms with van der Waals surface area (Å²) < 4.78 is 13.2. The van der Waals surface area contributed by atoms with Gasteiger partial charge in [-0.1, -0.05) is 18.2 Å². The molecule has 6 heteroatoms. The Labute approximate surface area is 145 Å². The van der Waals surface area contributed by atoms with E-state index in [1.807, 2.05) is 19.1 Å². The van der Waals surface area contributed by atoms with Gasteiger partial charge in [0.05, 0.1) is 12.0 Å². The molecule has 0 radical (unpaired) electrons. The molecule has 0 saturated carbocycles. The number of benzene rings is 1. The highest BCUT2D eigenvalue weighted by Crippen LogP contribution is 2.36. The lowest BCUT2D eigenvalue weighted by Crippen LogP contribution is -2.44. The molecule has 1 saturated heterocycles. The normalized spacial score (nSPS) is 20.4. The van der Waals surface area contributed by atoms with Gasteiger partial charge in [-0.2, -0.15) is 0 Å². The summed E-state index contributed by atoms with van der Waals surface area (Å²) in [6, 6.07) is 10.9. The number of amides is 2. The molecule has 0 spiro atoms. The molecule has 1 aliphatic heterocycles. The van der Waals surface area contributed by atoms with E-state index in [2.05, 4.69) is 10.3 Å². The van der Waals surface area contributed by atoms with Crippen molar-refractivity contribution in [3.05, 3.63) is 59.5 Å². The molecule has 130 valence electrons. The molecular weight excluding hydrogens is 321 g/mol. The maximum absolute atomic E-state index is 13.2. The van der Waals surface area contributed by atoms with Gasteiger partial charge < -0.3 is 10.2 Å². The van der Waals surface area contributed by atoms with Gasteiger partial charge in [0.1, 0.15) is 11.6 Å². The lowest BCUT2D eigenvalue weighted by atomic mass is 9.84. The van der Waals surface area contributed by atoms with Gasteiger partial charge in [-0.25, -0.2) is 9.37 Å². The Balaban J connectivity index is 1.87. The van der Waals surface area contributed by atoms with E-state index in [-0.39, 0.29) is 17.6 Å². The standard InChI is InChI=1S/C19H20FN3O2/c1-12-4-3-5-16(21-12)22-19(25)15-10-11-17(24)23(2)18(15)13-6-8-14(20)9-7-13/h3-9,15,18H,10-11H2,1-2H3,(H,21,22,25)/t15-,18+/m1/s1. The number of aryl methyl sites for hydroxylation is 1. The van der Waals surface area contributed by atoms with Crippen LogP contribution in [-0.2, 0) is 9.59 Å². The Bertz CT molecular complexity index is 792. The van der Waals surface area contributed by atoms with Crippen molar-refractivity contribution in [3.63, 3.8) is 0 Å². The van der Waals surface area contributed by atoms with E-state index in [1.54, 1.807) is 30.1 Å². The first-order valence-electron chi connectivity index (χ1n) is 8.21. The smallest absolute Gasteiger partial charge is 0.231 e. The number of likely N-dealkylation sites (tertiary alicyclic amines) is 1. The minimum atomic E-state index is -0.424. The molecule has 1 aliphatic rings. The molecule has 2 atom stereocenters. The van der Waals surface area contributed by atoms with Gasteiger partial charge >= 0.3 is 0 Å². The predicted octanol–water partition coefficient (Wildman–Crippen LogP) is 3.08. The summed E-state index contributed by atoms with van der Waals surface area (Å²) in [5, 5.41) is 2.84. The number of carbonyl (C=O) groups excluding carboxylic acids is 2. The van der Waals surface area contributed by atoms with Crippen molar-refractivity contribution in [2.45, 2.75) is 25.8 Å². The molecule has 1 N–H and O–H groups in total. The average molecular weight is 341 g/mol. The maximum Gasteiger partial charge on any atom is 0.231 e. The number of hydrogen-bond donors (Lipinski definition) is 1. The summed E-state index contributed by atoms with van der Waals surface area (Å²) in [6.07, 6.45) is 0.760. The molecule has 0 aliphatic carbocycles. The Morgan fingerprint density at radius 2 is 1.96 bits per heavy atom. The number of carbonyl (C=O) groups is 2. The fourth-order valence-corrected chi connectivity index (χ4v) is 3.26. The lowest BCUT2D eigenvalue weighted by molar-refractivity contribution is -0.140. The quantitative estimate of drug-likeness (QED) is 0.933. The molecule has 25 heavy (non-hydrogen) atoms. The van der Waals surface area contributed by atoms with E-state index in [4.69, 9.17) is 0 Å². The average Bonchev–Trinajstić information content (AvgIpc) is 2.58. The van der Waals surface area contributed by atoms with Crippen LogP contribution in [0.5, 0.6) is 0 Å². The maximum atomic E-state index is 13.2. The van der Waals surface area contributed by atoms with Crippen LogP contribution in [0.2, 0.25) is 0 Å². The third kappa shape index (κ3) is 3.68. The van der Waals surface area contributed by atoms with Gasteiger partial charge in [0, 0.05) is 19.2 Å². The summed E-state index contributed by atoms with van der Waals surface area (Å²) in [6.45, 7) is 1.85. The summed E-state index contributed by atoms with van der Waals surface area (Å²) >= 11 is 0. The molecule has 5 nitrogen and oxygen atoms in total. The molecule has 3 rings (SSSR count). The first-order chi connectivity index (χ1) is 12.0. The molecule has 1 aromatic carbocycles. The zero-order valence-electron chi connectivity index (χ0n) is 14.2.